The summed E-state index contributed by atoms with van der Waals surface area (Å²) in [5.41, 5.74) is 7.56. The first kappa shape index (κ1) is 18.1. The van der Waals surface area contributed by atoms with E-state index in [1.165, 1.54) is 16.9 Å². The van der Waals surface area contributed by atoms with Crippen LogP contribution in [-0.2, 0) is 19.1 Å². The molecule has 3 aromatic rings. The van der Waals surface area contributed by atoms with Gasteiger partial charge in [0, 0.05) is 11.6 Å². The highest BCUT2D eigenvalue weighted by Crippen LogP contribution is 2.30. The zero-order chi connectivity index (χ0) is 18.7. The van der Waals surface area contributed by atoms with Crippen molar-refractivity contribution < 1.29 is 13.2 Å². The molecule has 0 bridgehead atoms. The normalized spacial score (nSPS) is 13.0. The first-order chi connectivity index (χ1) is 12.3. The highest BCUT2D eigenvalue weighted by molar-refractivity contribution is 5.60. The predicted octanol–water partition coefficient (Wildman–Crippen LogP) is 3.30. The van der Waals surface area contributed by atoms with E-state index in [4.69, 9.17) is 5.73 Å². The summed E-state index contributed by atoms with van der Waals surface area (Å²) in [5.74, 6) is 0.466. The third kappa shape index (κ3) is 4.26. The van der Waals surface area contributed by atoms with Crippen LogP contribution in [0.1, 0.15) is 23.6 Å². The molecule has 0 radical (unpaired) electrons. The summed E-state index contributed by atoms with van der Waals surface area (Å²) in [6.45, 7) is 2.30. The van der Waals surface area contributed by atoms with E-state index < -0.39 is 11.7 Å². The lowest BCUT2D eigenvalue weighted by Gasteiger charge is -2.09. The van der Waals surface area contributed by atoms with Crippen LogP contribution in [0.4, 0.5) is 13.2 Å². The van der Waals surface area contributed by atoms with Crippen molar-refractivity contribution in [2.24, 2.45) is 5.73 Å². The van der Waals surface area contributed by atoms with Crippen LogP contribution >= 0.6 is 0 Å². The van der Waals surface area contributed by atoms with E-state index in [1.807, 2.05) is 31.2 Å². The number of nitrogens with zero attached hydrogens (tertiary/aromatic N) is 4. The van der Waals surface area contributed by atoms with Gasteiger partial charge in [0.1, 0.15) is 0 Å². The fourth-order valence-electron chi connectivity index (χ4n) is 2.61. The van der Waals surface area contributed by atoms with Crippen LogP contribution in [-0.4, -0.2) is 26.2 Å². The second-order valence-corrected chi connectivity index (χ2v) is 6.17. The molecule has 2 N–H and O–H groups in total. The number of hydrogen-bond donors (Lipinski definition) is 1. The summed E-state index contributed by atoms with van der Waals surface area (Å²) < 4.78 is 38.1. The molecule has 0 amide bonds. The van der Waals surface area contributed by atoms with Gasteiger partial charge in [-0.15, -0.1) is 10.2 Å². The summed E-state index contributed by atoms with van der Waals surface area (Å²) >= 11 is 0. The molecule has 0 aliphatic rings. The van der Waals surface area contributed by atoms with Gasteiger partial charge >= 0.3 is 6.18 Å². The Labute approximate surface area is 148 Å². The molecule has 1 unspecified atom stereocenters. The summed E-state index contributed by atoms with van der Waals surface area (Å²) in [7, 11) is 0. The Bertz CT molecular complexity index is 869. The fraction of sp³-hybridized carbons (Fsp3) is 0.278. The average Bonchev–Trinajstić information content (AvgIpc) is 3.02. The zero-order valence-corrected chi connectivity index (χ0v) is 14.1. The lowest BCUT2D eigenvalue weighted by Crippen LogP contribution is -2.23. The van der Waals surface area contributed by atoms with Crippen LogP contribution in [0, 0.1) is 0 Å². The molecule has 1 aromatic heterocycles. The molecule has 8 heteroatoms. The molecule has 0 fully saturated rings. The number of tetrazole rings is 1. The third-order valence-corrected chi connectivity index (χ3v) is 3.84. The van der Waals surface area contributed by atoms with Crippen LogP contribution in [0.15, 0.2) is 48.5 Å². The summed E-state index contributed by atoms with van der Waals surface area (Å²) in [4.78, 5) is 1.44. The molecule has 0 aliphatic carbocycles. The van der Waals surface area contributed by atoms with Gasteiger partial charge < -0.3 is 5.73 Å². The van der Waals surface area contributed by atoms with E-state index in [0.29, 0.717) is 18.8 Å². The van der Waals surface area contributed by atoms with Gasteiger partial charge in [0.05, 0.1) is 12.1 Å². The Balaban J connectivity index is 1.84. The molecule has 2 aromatic carbocycles. The quantitative estimate of drug-likeness (QED) is 0.757. The van der Waals surface area contributed by atoms with Crippen molar-refractivity contribution in [2.45, 2.75) is 32.1 Å². The number of halogens is 3. The van der Waals surface area contributed by atoms with Gasteiger partial charge in [-0.2, -0.15) is 18.0 Å². The number of rotatable bonds is 5. The monoisotopic (exact) mass is 361 g/mol. The largest absolute Gasteiger partial charge is 0.416 e. The molecular formula is C18H18F3N5. The minimum Gasteiger partial charge on any atom is -0.326 e. The van der Waals surface area contributed by atoms with E-state index in [1.54, 1.807) is 0 Å². The molecule has 1 heterocycles. The minimum atomic E-state index is -4.33. The maximum Gasteiger partial charge on any atom is 0.416 e. The van der Waals surface area contributed by atoms with Crippen molar-refractivity contribution in [3.8, 4) is 11.4 Å². The van der Waals surface area contributed by atoms with Gasteiger partial charge in [0.25, 0.3) is 0 Å². The number of alkyl halides is 3. The number of nitrogens with two attached hydrogens (primary N) is 1. The smallest absolute Gasteiger partial charge is 0.326 e. The van der Waals surface area contributed by atoms with Gasteiger partial charge in [0.2, 0.25) is 5.82 Å². The molecule has 0 saturated carbocycles. The maximum atomic E-state index is 12.7. The second-order valence-electron chi connectivity index (χ2n) is 6.17. The third-order valence-electron chi connectivity index (χ3n) is 3.84. The van der Waals surface area contributed by atoms with E-state index in [0.717, 1.165) is 28.8 Å². The van der Waals surface area contributed by atoms with Crippen molar-refractivity contribution in [3.63, 3.8) is 0 Å². The van der Waals surface area contributed by atoms with Gasteiger partial charge in [0.15, 0.2) is 0 Å². The molecule has 0 spiro atoms. The van der Waals surface area contributed by atoms with Crippen LogP contribution in [0.25, 0.3) is 11.4 Å². The Morgan fingerprint density at radius 3 is 2.42 bits per heavy atom. The van der Waals surface area contributed by atoms with E-state index in [2.05, 4.69) is 15.4 Å². The van der Waals surface area contributed by atoms with Crippen LogP contribution in [0.2, 0.25) is 0 Å². The molecule has 3 rings (SSSR count). The second kappa shape index (κ2) is 7.25. The first-order valence-electron chi connectivity index (χ1n) is 8.11. The maximum absolute atomic E-state index is 12.7. The highest BCUT2D eigenvalue weighted by Gasteiger charge is 2.29. The molecular weight excluding hydrogens is 343 g/mol. The van der Waals surface area contributed by atoms with Crippen molar-refractivity contribution in [2.75, 3.05) is 0 Å². The van der Waals surface area contributed by atoms with Gasteiger partial charge in [-0.25, -0.2) is 0 Å². The lowest BCUT2D eigenvalue weighted by molar-refractivity contribution is -0.137. The lowest BCUT2D eigenvalue weighted by atomic mass is 9.98. The van der Waals surface area contributed by atoms with Crippen molar-refractivity contribution in [1.29, 1.82) is 0 Å². The number of hydrogen-bond acceptors (Lipinski definition) is 4. The van der Waals surface area contributed by atoms with Crippen LogP contribution in [0.5, 0.6) is 0 Å². The standard InChI is InChI=1S/C18H18F3N5/c1-12(22)11-26-24-17(23-25-26)16-5-3-2-4-14(16)10-13-6-8-15(9-7-13)18(19,20)21/h2-9,12H,10-11,22H2,1H3. The summed E-state index contributed by atoms with van der Waals surface area (Å²) in [6.07, 6.45) is -3.87. The van der Waals surface area contributed by atoms with E-state index in [9.17, 15) is 13.2 Å². The topological polar surface area (TPSA) is 69.6 Å². The molecule has 136 valence electrons. The molecule has 0 saturated heterocycles. The fourth-order valence-corrected chi connectivity index (χ4v) is 2.61. The Morgan fingerprint density at radius 2 is 1.77 bits per heavy atom. The van der Waals surface area contributed by atoms with Gasteiger partial charge in [-0.1, -0.05) is 36.4 Å². The van der Waals surface area contributed by atoms with E-state index in [-0.39, 0.29) is 6.04 Å². The van der Waals surface area contributed by atoms with Crippen LogP contribution < -0.4 is 5.73 Å². The van der Waals surface area contributed by atoms with Crippen molar-refractivity contribution in [3.05, 3.63) is 65.2 Å². The number of aromatic nitrogens is 4. The van der Waals surface area contributed by atoms with Gasteiger partial charge in [-0.3, -0.25) is 0 Å². The Hall–Kier alpha value is -2.74. The SMILES string of the molecule is CC(N)Cn1nnc(-c2ccccc2Cc2ccc(C(F)(F)F)cc2)n1. The molecule has 26 heavy (non-hydrogen) atoms. The number of benzene rings is 2. The highest BCUT2D eigenvalue weighted by atomic mass is 19.4. The average molecular weight is 361 g/mol. The molecule has 1 atom stereocenters. The predicted molar refractivity (Wildman–Crippen MR) is 91.2 cm³/mol. The van der Waals surface area contributed by atoms with E-state index >= 15 is 0 Å². The minimum absolute atomic E-state index is 0.0977. The molecule has 0 aliphatic heterocycles. The molecule has 5 nitrogen and oxygen atoms in total. The summed E-state index contributed by atoms with van der Waals surface area (Å²) in [5, 5.41) is 12.4. The Kier molecular flexibility index (Phi) is 5.03. The zero-order valence-electron chi connectivity index (χ0n) is 14.1. The van der Waals surface area contributed by atoms with Gasteiger partial charge in [-0.05, 0) is 41.8 Å². The first-order valence-corrected chi connectivity index (χ1v) is 8.11. The Morgan fingerprint density at radius 1 is 1.08 bits per heavy atom. The van der Waals surface area contributed by atoms with Crippen molar-refractivity contribution in [1.82, 2.24) is 20.2 Å². The van der Waals surface area contributed by atoms with Crippen LogP contribution in [0.3, 0.4) is 0 Å². The van der Waals surface area contributed by atoms with Crippen molar-refractivity contribution >= 4 is 0 Å². The summed E-state index contributed by atoms with van der Waals surface area (Å²) in [6, 6.07) is 12.6.